The summed E-state index contributed by atoms with van der Waals surface area (Å²) < 4.78 is 0. The monoisotopic (exact) mass is 250 g/mol. The van der Waals surface area contributed by atoms with Gasteiger partial charge < -0.3 is 15.3 Å². The first-order chi connectivity index (χ1) is 8.77. The molecule has 0 saturated heterocycles. The van der Waals surface area contributed by atoms with Crippen molar-refractivity contribution in [2.75, 3.05) is 31.1 Å². The number of anilines is 1. The topological polar surface area (TPSA) is 52.6 Å². The van der Waals surface area contributed by atoms with E-state index in [2.05, 4.69) is 5.32 Å². The van der Waals surface area contributed by atoms with Crippen LogP contribution < -0.4 is 10.2 Å². The van der Waals surface area contributed by atoms with E-state index in [4.69, 9.17) is 5.11 Å². The third-order valence-electron chi connectivity index (χ3n) is 2.61. The van der Waals surface area contributed by atoms with Crippen molar-refractivity contribution in [3.8, 4) is 0 Å². The minimum Gasteiger partial charge on any atom is -0.396 e. The number of para-hydroxylation sites is 1. The van der Waals surface area contributed by atoms with Crippen LogP contribution in [0.25, 0.3) is 0 Å². The van der Waals surface area contributed by atoms with Crippen LogP contribution >= 0.6 is 0 Å². The zero-order chi connectivity index (χ0) is 13.2. The van der Waals surface area contributed by atoms with Crippen LogP contribution in [-0.4, -0.2) is 37.3 Å². The van der Waals surface area contributed by atoms with Gasteiger partial charge in [0.15, 0.2) is 0 Å². The Morgan fingerprint density at radius 1 is 1.33 bits per heavy atom. The molecule has 100 valence electrons. The summed E-state index contributed by atoms with van der Waals surface area (Å²) >= 11 is 0. The maximum absolute atomic E-state index is 11.7. The molecule has 1 rings (SSSR count). The van der Waals surface area contributed by atoms with Gasteiger partial charge in [-0.3, -0.25) is 4.79 Å². The molecule has 0 radical (unpaired) electrons. The highest BCUT2D eigenvalue weighted by Crippen LogP contribution is 2.12. The maximum atomic E-state index is 11.7. The van der Waals surface area contributed by atoms with Crippen molar-refractivity contribution in [3.63, 3.8) is 0 Å². The molecule has 0 heterocycles. The number of carbonyl (C=O) groups is 1. The van der Waals surface area contributed by atoms with Gasteiger partial charge in [-0.2, -0.15) is 0 Å². The van der Waals surface area contributed by atoms with Gasteiger partial charge in [-0.1, -0.05) is 25.1 Å². The number of hydrogen-bond donors (Lipinski definition) is 2. The summed E-state index contributed by atoms with van der Waals surface area (Å²) in [4.78, 5) is 13.7. The van der Waals surface area contributed by atoms with Crippen molar-refractivity contribution >= 4 is 11.6 Å². The van der Waals surface area contributed by atoms with Crippen LogP contribution in [0, 0.1) is 0 Å². The average Bonchev–Trinajstić information content (AvgIpc) is 2.42. The lowest BCUT2D eigenvalue weighted by Gasteiger charge is -2.23. The zero-order valence-corrected chi connectivity index (χ0v) is 10.9. The Morgan fingerprint density at radius 3 is 2.67 bits per heavy atom. The molecule has 0 atom stereocenters. The van der Waals surface area contributed by atoms with E-state index in [1.165, 1.54) is 0 Å². The molecule has 1 aromatic carbocycles. The van der Waals surface area contributed by atoms with Crippen molar-refractivity contribution in [1.29, 1.82) is 0 Å². The Labute approximate surface area is 109 Å². The molecule has 0 unspecified atom stereocenters. The second-order valence-electron chi connectivity index (χ2n) is 4.18. The number of benzene rings is 1. The van der Waals surface area contributed by atoms with Crippen LogP contribution in [-0.2, 0) is 4.79 Å². The summed E-state index contributed by atoms with van der Waals surface area (Å²) in [6.07, 6.45) is 1.60. The number of nitrogens with one attached hydrogen (secondary N) is 1. The van der Waals surface area contributed by atoms with E-state index in [-0.39, 0.29) is 12.5 Å². The van der Waals surface area contributed by atoms with Gasteiger partial charge in [0.2, 0.25) is 5.91 Å². The molecule has 0 aliphatic carbocycles. The smallest absolute Gasteiger partial charge is 0.239 e. The molecule has 0 spiro atoms. The van der Waals surface area contributed by atoms with Crippen molar-refractivity contribution in [3.05, 3.63) is 30.3 Å². The molecule has 0 aromatic heterocycles. The van der Waals surface area contributed by atoms with Crippen LogP contribution in [0.4, 0.5) is 5.69 Å². The van der Waals surface area contributed by atoms with Gasteiger partial charge in [-0.15, -0.1) is 0 Å². The predicted molar refractivity (Wildman–Crippen MR) is 73.7 cm³/mol. The highest BCUT2D eigenvalue weighted by atomic mass is 16.3. The van der Waals surface area contributed by atoms with E-state index in [9.17, 15) is 4.79 Å². The number of aliphatic hydroxyl groups excluding tert-OH is 1. The second kappa shape index (κ2) is 8.53. The fraction of sp³-hybridized carbons (Fsp3) is 0.500. The lowest BCUT2D eigenvalue weighted by molar-refractivity contribution is -0.119. The molecule has 1 aromatic rings. The van der Waals surface area contributed by atoms with Crippen molar-refractivity contribution in [1.82, 2.24) is 5.32 Å². The van der Waals surface area contributed by atoms with Gasteiger partial charge in [0.1, 0.15) is 0 Å². The molecule has 0 aliphatic rings. The normalized spacial score (nSPS) is 10.1. The summed E-state index contributed by atoms with van der Waals surface area (Å²) in [7, 11) is 0. The lowest BCUT2D eigenvalue weighted by Crippen LogP contribution is -2.38. The first-order valence-corrected chi connectivity index (χ1v) is 6.45. The largest absolute Gasteiger partial charge is 0.396 e. The molecule has 18 heavy (non-hydrogen) atoms. The molecule has 2 N–H and O–H groups in total. The number of hydrogen-bond acceptors (Lipinski definition) is 3. The summed E-state index contributed by atoms with van der Waals surface area (Å²) in [5, 5.41) is 11.8. The van der Waals surface area contributed by atoms with Crippen LogP contribution in [0.1, 0.15) is 19.8 Å². The first-order valence-electron chi connectivity index (χ1n) is 6.45. The number of amides is 1. The lowest BCUT2D eigenvalue weighted by atomic mass is 10.2. The quantitative estimate of drug-likeness (QED) is 0.733. The minimum atomic E-state index is 0.0265. The van der Waals surface area contributed by atoms with Gasteiger partial charge in [-0.25, -0.2) is 0 Å². The number of nitrogens with zero attached hydrogens (tertiary/aromatic N) is 1. The fourth-order valence-electron chi connectivity index (χ4n) is 1.69. The average molecular weight is 250 g/mol. The van der Waals surface area contributed by atoms with E-state index in [1.54, 1.807) is 0 Å². The molecule has 4 heteroatoms. The minimum absolute atomic E-state index is 0.0265. The van der Waals surface area contributed by atoms with Gasteiger partial charge in [0, 0.05) is 25.4 Å². The van der Waals surface area contributed by atoms with Gasteiger partial charge in [-0.05, 0) is 25.0 Å². The molecule has 1 amide bonds. The second-order valence-corrected chi connectivity index (χ2v) is 4.18. The molecule has 0 bridgehead atoms. The Kier molecular flexibility index (Phi) is 6.87. The Balaban J connectivity index is 2.58. The van der Waals surface area contributed by atoms with E-state index in [0.717, 1.165) is 12.1 Å². The Bertz CT molecular complexity index is 341. The molecular formula is C14H22N2O2. The summed E-state index contributed by atoms with van der Waals surface area (Å²) in [5.41, 5.74) is 1.01. The summed E-state index contributed by atoms with van der Waals surface area (Å²) in [6, 6.07) is 9.80. The fourth-order valence-corrected chi connectivity index (χ4v) is 1.69. The molecule has 0 fully saturated rings. The highest BCUT2D eigenvalue weighted by Gasteiger charge is 2.10. The van der Waals surface area contributed by atoms with E-state index in [0.29, 0.717) is 26.1 Å². The van der Waals surface area contributed by atoms with Crippen LogP contribution in [0.2, 0.25) is 0 Å². The predicted octanol–water partition coefficient (Wildman–Crippen LogP) is 1.40. The third kappa shape index (κ3) is 5.19. The molecular weight excluding hydrogens is 228 g/mol. The molecule has 0 saturated carbocycles. The van der Waals surface area contributed by atoms with E-state index < -0.39 is 0 Å². The molecule has 4 nitrogen and oxygen atoms in total. The number of carbonyl (C=O) groups excluding carboxylic acids is 1. The Hall–Kier alpha value is -1.55. The molecule has 0 aliphatic heterocycles. The van der Waals surface area contributed by atoms with Gasteiger partial charge >= 0.3 is 0 Å². The summed E-state index contributed by atoms with van der Waals surface area (Å²) in [5.74, 6) is 0.0265. The van der Waals surface area contributed by atoms with Gasteiger partial charge in [0.05, 0.1) is 6.54 Å². The maximum Gasteiger partial charge on any atom is 0.239 e. The third-order valence-corrected chi connectivity index (χ3v) is 2.61. The van der Waals surface area contributed by atoms with E-state index in [1.807, 2.05) is 42.2 Å². The Morgan fingerprint density at radius 2 is 2.06 bits per heavy atom. The number of aliphatic hydroxyl groups is 1. The number of rotatable bonds is 8. The summed E-state index contributed by atoms with van der Waals surface area (Å²) in [6.45, 7) is 3.90. The SMILES string of the molecule is CCCNC(=O)CN(CCCO)c1ccccc1. The van der Waals surface area contributed by atoms with Crippen molar-refractivity contribution in [2.45, 2.75) is 19.8 Å². The van der Waals surface area contributed by atoms with Crippen LogP contribution in [0.3, 0.4) is 0 Å². The van der Waals surface area contributed by atoms with Crippen LogP contribution in [0.15, 0.2) is 30.3 Å². The standard InChI is InChI=1S/C14H22N2O2/c1-2-9-15-14(18)12-16(10-6-11-17)13-7-4-3-5-8-13/h3-5,7-8,17H,2,6,9-12H2,1H3,(H,15,18). The highest BCUT2D eigenvalue weighted by molar-refractivity contribution is 5.81. The zero-order valence-electron chi connectivity index (χ0n) is 10.9. The van der Waals surface area contributed by atoms with E-state index >= 15 is 0 Å². The van der Waals surface area contributed by atoms with Gasteiger partial charge in [0.25, 0.3) is 0 Å². The van der Waals surface area contributed by atoms with Crippen LogP contribution in [0.5, 0.6) is 0 Å². The van der Waals surface area contributed by atoms with Crippen molar-refractivity contribution < 1.29 is 9.90 Å². The van der Waals surface area contributed by atoms with Crippen molar-refractivity contribution in [2.24, 2.45) is 0 Å². The first kappa shape index (κ1) is 14.5.